The summed E-state index contributed by atoms with van der Waals surface area (Å²) in [7, 11) is 1.67. The van der Waals surface area contributed by atoms with Crippen molar-refractivity contribution in [2.75, 3.05) is 20.2 Å². The summed E-state index contributed by atoms with van der Waals surface area (Å²) < 4.78 is 5.24. The Morgan fingerprint density at radius 2 is 2.12 bits per heavy atom. The highest BCUT2D eigenvalue weighted by Gasteiger charge is 2.25. The SMILES string of the molecule is COc1cccc(C(C(N)=S)N2CCCC2)c1. The summed E-state index contributed by atoms with van der Waals surface area (Å²) >= 11 is 5.21. The molecule has 2 rings (SSSR count). The average Bonchev–Trinajstić information content (AvgIpc) is 2.83. The minimum absolute atomic E-state index is 0.0441. The van der Waals surface area contributed by atoms with Crippen LogP contribution in [-0.4, -0.2) is 30.1 Å². The van der Waals surface area contributed by atoms with Crippen LogP contribution in [0.15, 0.2) is 24.3 Å². The number of hydrogen-bond acceptors (Lipinski definition) is 3. The molecule has 0 saturated carbocycles. The summed E-state index contributed by atoms with van der Waals surface area (Å²) in [6.45, 7) is 2.14. The van der Waals surface area contributed by atoms with Crippen LogP contribution in [0.25, 0.3) is 0 Å². The standard InChI is InChI=1S/C13H18N2OS/c1-16-11-6-4-5-10(9-11)12(13(14)17)15-7-2-3-8-15/h4-6,9,12H,2-3,7-8H2,1H3,(H2,14,17). The number of rotatable bonds is 4. The van der Waals surface area contributed by atoms with E-state index in [1.165, 1.54) is 12.8 Å². The lowest BCUT2D eigenvalue weighted by atomic mass is 10.1. The Labute approximate surface area is 108 Å². The highest BCUT2D eigenvalue weighted by molar-refractivity contribution is 7.80. The highest BCUT2D eigenvalue weighted by atomic mass is 32.1. The Kier molecular flexibility index (Phi) is 3.97. The Morgan fingerprint density at radius 1 is 1.41 bits per heavy atom. The van der Waals surface area contributed by atoms with Gasteiger partial charge < -0.3 is 10.5 Å². The molecule has 1 fully saturated rings. The van der Waals surface area contributed by atoms with Crippen LogP contribution in [0.5, 0.6) is 5.75 Å². The zero-order valence-electron chi connectivity index (χ0n) is 10.1. The van der Waals surface area contributed by atoms with E-state index in [1.54, 1.807) is 7.11 Å². The Hall–Kier alpha value is -1.13. The molecule has 0 aliphatic carbocycles. The average molecular weight is 250 g/mol. The van der Waals surface area contributed by atoms with Crippen LogP contribution in [0.1, 0.15) is 24.4 Å². The molecule has 0 amide bonds. The molecule has 1 heterocycles. The molecular weight excluding hydrogens is 232 g/mol. The van der Waals surface area contributed by atoms with E-state index < -0.39 is 0 Å². The second-order valence-corrected chi connectivity index (χ2v) is 4.80. The Bertz CT molecular complexity index is 402. The molecule has 3 nitrogen and oxygen atoms in total. The first kappa shape index (κ1) is 12.3. The molecule has 4 heteroatoms. The minimum atomic E-state index is 0.0441. The molecule has 0 bridgehead atoms. The summed E-state index contributed by atoms with van der Waals surface area (Å²) in [5, 5.41) is 0. The van der Waals surface area contributed by atoms with Gasteiger partial charge in [0.25, 0.3) is 0 Å². The van der Waals surface area contributed by atoms with Crippen molar-refractivity contribution in [3.8, 4) is 5.75 Å². The lowest BCUT2D eigenvalue weighted by Crippen LogP contribution is -2.34. The van der Waals surface area contributed by atoms with Crippen molar-refractivity contribution in [1.82, 2.24) is 4.90 Å². The number of nitrogens with two attached hydrogens (primary N) is 1. The molecule has 92 valence electrons. The van der Waals surface area contributed by atoms with E-state index in [9.17, 15) is 0 Å². The maximum Gasteiger partial charge on any atom is 0.119 e. The predicted molar refractivity (Wildman–Crippen MR) is 73.3 cm³/mol. The molecule has 1 aromatic rings. The quantitative estimate of drug-likeness (QED) is 0.831. The van der Waals surface area contributed by atoms with Crippen LogP contribution in [0.3, 0.4) is 0 Å². The van der Waals surface area contributed by atoms with Crippen molar-refractivity contribution in [2.24, 2.45) is 5.73 Å². The van der Waals surface area contributed by atoms with Crippen LogP contribution in [0.2, 0.25) is 0 Å². The maximum absolute atomic E-state index is 5.89. The molecule has 17 heavy (non-hydrogen) atoms. The van der Waals surface area contributed by atoms with Crippen molar-refractivity contribution >= 4 is 17.2 Å². The first-order chi connectivity index (χ1) is 8.22. The van der Waals surface area contributed by atoms with Gasteiger partial charge >= 0.3 is 0 Å². The van der Waals surface area contributed by atoms with Crippen molar-refractivity contribution in [3.63, 3.8) is 0 Å². The van der Waals surface area contributed by atoms with Gasteiger partial charge in [0.1, 0.15) is 5.75 Å². The number of likely N-dealkylation sites (tertiary alicyclic amines) is 1. The van der Waals surface area contributed by atoms with E-state index in [1.807, 2.05) is 18.2 Å². The van der Waals surface area contributed by atoms with Gasteiger partial charge in [-0.25, -0.2) is 0 Å². The summed E-state index contributed by atoms with van der Waals surface area (Å²) in [6.07, 6.45) is 2.45. The van der Waals surface area contributed by atoms with Crippen molar-refractivity contribution in [1.29, 1.82) is 0 Å². The fourth-order valence-electron chi connectivity index (χ4n) is 2.37. The molecule has 1 unspecified atom stereocenters. The molecule has 1 aliphatic heterocycles. The number of benzene rings is 1. The van der Waals surface area contributed by atoms with Crippen LogP contribution in [0.4, 0.5) is 0 Å². The third-order valence-electron chi connectivity index (χ3n) is 3.18. The number of thiocarbonyl (C=S) groups is 1. The lowest BCUT2D eigenvalue weighted by Gasteiger charge is -2.27. The Balaban J connectivity index is 2.28. The van der Waals surface area contributed by atoms with E-state index in [-0.39, 0.29) is 6.04 Å². The molecular formula is C13H18N2OS. The number of methoxy groups -OCH3 is 1. The molecule has 0 aromatic heterocycles. The van der Waals surface area contributed by atoms with E-state index >= 15 is 0 Å². The summed E-state index contributed by atoms with van der Waals surface area (Å²) in [4.78, 5) is 2.89. The fraction of sp³-hybridized carbons (Fsp3) is 0.462. The largest absolute Gasteiger partial charge is 0.497 e. The number of nitrogens with zero attached hydrogens (tertiary/aromatic N) is 1. The van der Waals surface area contributed by atoms with Crippen LogP contribution < -0.4 is 10.5 Å². The Morgan fingerprint density at radius 3 is 2.71 bits per heavy atom. The first-order valence-corrected chi connectivity index (χ1v) is 6.30. The third kappa shape index (κ3) is 2.76. The third-order valence-corrected chi connectivity index (χ3v) is 3.41. The number of hydrogen-bond donors (Lipinski definition) is 1. The smallest absolute Gasteiger partial charge is 0.119 e. The molecule has 1 atom stereocenters. The zero-order chi connectivity index (χ0) is 12.3. The van der Waals surface area contributed by atoms with Gasteiger partial charge in [-0.05, 0) is 43.6 Å². The van der Waals surface area contributed by atoms with Crippen LogP contribution in [-0.2, 0) is 0 Å². The van der Waals surface area contributed by atoms with E-state index in [0.29, 0.717) is 4.99 Å². The van der Waals surface area contributed by atoms with Gasteiger partial charge in [-0.15, -0.1) is 0 Å². The molecule has 0 radical (unpaired) electrons. The van der Waals surface area contributed by atoms with Gasteiger partial charge in [-0.2, -0.15) is 0 Å². The summed E-state index contributed by atoms with van der Waals surface area (Å²) in [5.41, 5.74) is 7.01. The van der Waals surface area contributed by atoms with Crippen LogP contribution >= 0.6 is 12.2 Å². The van der Waals surface area contributed by atoms with E-state index in [2.05, 4.69) is 11.0 Å². The summed E-state index contributed by atoms with van der Waals surface area (Å²) in [6, 6.07) is 8.04. The topological polar surface area (TPSA) is 38.5 Å². The van der Waals surface area contributed by atoms with Gasteiger partial charge in [-0.3, -0.25) is 4.90 Å². The minimum Gasteiger partial charge on any atom is -0.497 e. The molecule has 2 N–H and O–H groups in total. The highest BCUT2D eigenvalue weighted by Crippen LogP contribution is 2.27. The van der Waals surface area contributed by atoms with Crippen molar-refractivity contribution in [3.05, 3.63) is 29.8 Å². The molecule has 1 saturated heterocycles. The van der Waals surface area contributed by atoms with Gasteiger partial charge in [-0.1, -0.05) is 24.4 Å². The second-order valence-electron chi connectivity index (χ2n) is 4.32. The van der Waals surface area contributed by atoms with Crippen molar-refractivity contribution < 1.29 is 4.74 Å². The lowest BCUT2D eigenvalue weighted by molar-refractivity contribution is 0.304. The van der Waals surface area contributed by atoms with Gasteiger partial charge in [0.15, 0.2) is 0 Å². The molecule has 1 aromatic carbocycles. The second kappa shape index (κ2) is 5.47. The molecule has 0 spiro atoms. The fourth-order valence-corrected chi connectivity index (χ4v) is 2.65. The van der Waals surface area contributed by atoms with Gasteiger partial charge in [0, 0.05) is 0 Å². The monoisotopic (exact) mass is 250 g/mol. The van der Waals surface area contributed by atoms with E-state index in [0.717, 1.165) is 24.4 Å². The van der Waals surface area contributed by atoms with Gasteiger partial charge in [0.05, 0.1) is 18.1 Å². The number of ether oxygens (including phenoxy) is 1. The first-order valence-electron chi connectivity index (χ1n) is 5.89. The predicted octanol–water partition coefficient (Wildman–Crippen LogP) is 2.12. The van der Waals surface area contributed by atoms with Gasteiger partial charge in [0.2, 0.25) is 0 Å². The summed E-state index contributed by atoms with van der Waals surface area (Å²) in [5.74, 6) is 0.850. The normalized spacial score (nSPS) is 17.9. The van der Waals surface area contributed by atoms with Crippen molar-refractivity contribution in [2.45, 2.75) is 18.9 Å². The molecule has 1 aliphatic rings. The maximum atomic E-state index is 5.89. The zero-order valence-corrected chi connectivity index (χ0v) is 10.9. The van der Waals surface area contributed by atoms with Crippen LogP contribution in [0, 0.1) is 0 Å². The van der Waals surface area contributed by atoms with E-state index in [4.69, 9.17) is 22.7 Å².